The van der Waals surface area contributed by atoms with Gasteiger partial charge in [0.25, 0.3) is 0 Å². The van der Waals surface area contributed by atoms with Gasteiger partial charge in [0, 0.05) is 12.4 Å². The Labute approximate surface area is 124 Å². The number of rotatable bonds is 3. The molecule has 0 aliphatic carbocycles. The molecule has 3 heterocycles. The fraction of sp³-hybridized carbons (Fsp3) is 0.643. The van der Waals surface area contributed by atoms with E-state index in [2.05, 4.69) is 51.2 Å². The molecule has 112 valence electrons. The highest BCUT2D eigenvalue weighted by Gasteiger charge is 2.30. The van der Waals surface area contributed by atoms with Gasteiger partial charge in [-0.05, 0) is 56.7 Å². The van der Waals surface area contributed by atoms with Crippen LogP contribution in [0.3, 0.4) is 0 Å². The molecule has 3 rings (SSSR count). The molecule has 2 aromatic heterocycles. The van der Waals surface area contributed by atoms with Crippen molar-refractivity contribution < 1.29 is 0 Å². The maximum atomic E-state index is 4.40. The molecule has 1 aliphatic heterocycles. The van der Waals surface area contributed by atoms with Crippen molar-refractivity contribution in [3.8, 4) is 0 Å². The van der Waals surface area contributed by atoms with Gasteiger partial charge in [0.15, 0.2) is 5.82 Å². The molecule has 2 aromatic rings. The maximum absolute atomic E-state index is 4.40. The normalized spacial score (nSPS) is 20.0. The molecule has 21 heavy (non-hydrogen) atoms. The summed E-state index contributed by atoms with van der Waals surface area (Å²) >= 11 is 0. The van der Waals surface area contributed by atoms with Crippen LogP contribution >= 0.6 is 0 Å². The molecule has 0 amide bonds. The quantitative estimate of drug-likeness (QED) is 0.853. The first-order valence-corrected chi connectivity index (χ1v) is 7.34. The molecule has 0 radical (unpaired) electrons. The van der Waals surface area contributed by atoms with Crippen LogP contribution in [-0.4, -0.2) is 41.6 Å². The van der Waals surface area contributed by atoms with Crippen LogP contribution in [0.5, 0.6) is 0 Å². The molecule has 0 bridgehead atoms. The lowest BCUT2D eigenvalue weighted by Crippen LogP contribution is -2.30. The lowest BCUT2D eigenvalue weighted by atomic mass is 10.1. The van der Waals surface area contributed by atoms with Crippen LogP contribution in [0.2, 0.25) is 0 Å². The monoisotopic (exact) mass is 287 g/mol. The van der Waals surface area contributed by atoms with Gasteiger partial charge < -0.3 is 0 Å². The van der Waals surface area contributed by atoms with Crippen molar-refractivity contribution in [3.05, 3.63) is 30.1 Å². The summed E-state index contributed by atoms with van der Waals surface area (Å²) in [5.74, 6) is 1.79. The predicted molar refractivity (Wildman–Crippen MR) is 77.2 cm³/mol. The van der Waals surface area contributed by atoms with E-state index >= 15 is 0 Å². The van der Waals surface area contributed by atoms with E-state index in [1.165, 1.54) is 0 Å². The number of aromatic nitrogens is 6. The Kier molecular flexibility index (Phi) is 3.67. The van der Waals surface area contributed by atoms with Crippen molar-refractivity contribution in [2.75, 3.05) is 6.54 Å². The molecule has 0 unspecified atom stereocenters. The number of likely N-dealkylation sites (tertiary alicyclic amines) is 1. The zero-order valence-electron chi connectivity index (χ0n) is 12.8. The number of hydrogen-bond donors (Lipinski definition) is 0. The topological polar surface area (TPSA) is 72.6 Å². The van der Waals surface area contributed by atoms with Gasteiger partial charge in [-0.25, -0.2) is 14.6 Å². The summed E-state index contributed by atoms with van der Waals surface area (Å²) in [4.78, 5) is 11.2. The van der Waals surface area contributed by atoms with Crippen LogP contribution in [-0.2, 0) is 12.1 Å². The summed E-state index contributed by atoms with van der Waals surface area (Å²) in [6.07, 6.45) is 5.84. The standard InChI is InChI=1S/C14H21N7/c1-14(2,3)21-12(17-18-19-21)10-20-9-4-6-11(20)13-15-7-5-8-16-13/h5,7-8,11H,4,6,9-10H2,1-3H3/t11-/m0/s1. The summed E-state index contributed by atoms with van der Waals surface area (Å²) in [6.45, 7) is 8.07. The average molecular weight is 287 g/mol. The third-order valence-corrected chi connectivity index (χ3v) is 3.76. The Balaban J connectivity index is 1.80. The van der Waals surface area contributed by atoms with Crippen molar-refractivity contribution in [3.63, 3.8) is 0 Å². The van der Waals surface area contributed by atoms with Crippen LogP contribution in [0, 0.1) is 0 Å². The van der Waals surface area contributed by atoms with Crippen molar-refractivity contribution in [2.45, 2.75) is 51.7 Å². The van der Waals surface area contributed by atoms with Crippen LogP contribution in [0.1, 0.15) is 51.3 Å². The number of tetrazole rings is 1. The molecule has 7 heteroatoms. The lowest BCUT2D eigenvalue weighted by molar-refractivity contribution is 0.218. The summed E-state index contributed by atoms with van der Waals surface area (Å²) < 4.78 is 1.90. The summed E-state index contributed by atoms with van der Waals surface area (Å²) in [5, 5.41) is 12.2. The second kappa shape index (κ2) is 5.48. The first-order valence-electron chi connectivity index (χ1n) is 7.34. The highest BCUT2D eigenvalue weighted by atomic mass is 15.6. The third-order valence-electron chi connectivity index (χ3n) is 3.76. The van der Waals surface area contributed by atoms with E-state index in [9.17, 15) is 0 Å². The molecule has 1 aliphatic rings. The van der Waals surface area contributed by atoms with Crippen molar-refractivity contribution in [1.29, 1.82) is 0 Å². The van der Waals surface area contributed by atoms with Crippen LogP contribution in [0.4, 0.5) is 0 Å². The molecule has 1 atom stereocenters. The molecule has 7 nitrogen and oxygen atoms in total. The third kappa shape index (κ3) is 2.92. The van der Waals surface area contributed by atoms with Crippen molar-refractivity contribution in [1.82, 2.24) is 35.1 Å². The minimum absolute atomic E-state index is 0.114. The Morgan fingerprint density at radius 2 is 2.00 bits per heavy atom. The van der Waals surface area contributed by atoms with Crippen molar-refractivity contribution >= 4 is 0 Å². The largest absolute Gasteiger partial charge is 0.286 e. The van der Waals surface area contributed by atoms with Gasteiger partial charge in [0.1, 0.15) is 5.82 Å². The summed E-state index contributed by atoms with van der Waals surface area (Å²) in [6, 6.07) is 2.11. The van der Waals surface area contributed by atoms with Crippen LogP contribution in [0.15, 0.2) is 18.5 Å². The van der Waals surface area contributed by atoms with Crippen LogP contribution < -0.4 is 0 Å². The van der Waals surface area contributed by atoms with Gasteiger partial charge in [-0.1, -0.05) is 0 Å². The van der Waals surface area contributed by atoms with Gasteiger partial charge in [-0.3, -0.25) is 4.90 Å². The van der Waals surface area contributed by atoms with Crippen LogP contribution in [0.25, 0.3) is 0 Å². The number of hydrogen-bond acceptors (Lipinski definition) is 6. The smallest absolute Gasteiger partial charge is 0.165 e. The zero-order valence-corrected chi connectivity index (χ0v) is 12.8. The molecular formula is C14H21N7. The fourth-order valence-electron chi connectivity index (χ4n) is 2.80. The predicted octanol–water partition coefficient (Wildman–Crippen LogP) is 1.56. The molecule has 0 N–H and O–H groups in total. The molecule has 0 spiro atoms. The average Bonchev–Trinajstić information content (AvgIpc) is 3.08. The highest BCUT2D eigenvalue weighted by Crippen LogP contribution is 2.30. The van der Waals surface area contributed by atoms with Gasteiger partial charge in [0.05, 0.1) is 18.1 Å². The van der Waals surface area contributed by atoms with E-state index in [1.807, 2.05) is 10.7 Å². The van der Waals surface area contributed by atoms with Crippen molar-refractivity contribution in [2.24, 2.45) is 0 Å². The second-order valence-corrected chi connectivity index (χ2v) is 6.41. The van der Waals surface area contributed by atoms with E-state index in [4.69, 9.17) is 0 Å². The minimum atomic E-state index is -0.114. The lowest BCUT2D eigenvalue weighted by Gasteiger charge is -2.25. The molecule has 0 saturated carbocycles. The van der Waals surface area contributed by atoms with Gasteiger partial charge in [0.2, 0.25) is 0 Å². The molecular weight excluding hydrogens is 266 g/mol. The maximum Gasteiger partial charge on any atom is 0.165 e. The van der Waals surface area contributed by atoms with Gasteiger partial charge in [-0.15, -0.1) is 5.10 Å². The zero-order chi connectivity index (χ0) is 14.9. The molecule has 1 fully saturated rings. The van der Waals surface area contributed by atoms with Gasteiger partial charge >= 0.3 is 0 Å². The Bertz CT molecular complexity index is 587. The Morgan fingerprint density at radius 1 is 1.24 bits per heavy atom. The SMILES string of the molecule is CC(C)(C)n1nnnc1CN1CCC[C@H]1c1ncccn1. The van der Waals surface area contributed by atoms with E-state index < -0.39 is 0 Å². The summed E-state index contributed by atoms with van der Waals surface area (Å²) in [7, 11) is 0. The van der Waals surface area contributed by atoms with E-state index in [0.29, 0.717) is 0 Å². The Hall–Kier alpha value is -1.89. The van der Waals surface area contributed by atoms with E-state index in [-0.39, 0.29) is 11.6 Å². The fourth-order valence-corrected chi connectivity index (χ4v) is 2.80. The highest BCUT2D eigenvalue weighted by molar-refractivity contribution is 5.01. The van der Waals surface area contributed by atoms with Gasteiger partial charge in [-0.2, -0.15) is 0 Å². The number of nitrogens with zero attached hydrogens (tertiary/aromatic N) is 7. The Morgan fingerprint density at radius 3 is 2.71 bits per heavy atom. The molecule has 1 saturated heterocycles. The summed E-state index contributed by atoms with van der Waals surface area (Å²) in [5.41, 5.74) is -0.114. The molecule has 0 aromatic carbocycles. The minimum Gasteiger partial charge on any atom is -0.286 e. The first-order chi connectivity index (χ1) is 10.1. The second-order valence-electron chi connectivity index (χ2n) is 6.41. The van der Waals surface area contributed by atoms with E-state index in [1.54, 1.807) is 12.4 Å². The first kappa shape index (κ1) is 14.1. The van der Waals surface area contributed by atoms with E-state index in [0.717, 1.165) is 37.6 Å².